The van der Waals surface area contributed by atoms with Crippen LogP contribution in [-0.2, 0) is 0 Å². The maximum atomic E-state index is 9.77. The maximum absolute atomic E-state index is 9.77. The van der Waals surface area contributed by atoms with E-state index in [0.717, 1.165) is 21.4 Å². The molecule has 0 spiro atoms. The summed E-state index contributed by atoms with van der Waals surface area (Å²) in [6, 6.07) is 17.0. The standard InChI is InChI=1S/C18H14BrNO2/c1-12-2-8-17(21)16(10-12)20-11-15-7-9-18(22-15)13-3-5-14(19)6-4-13/h2-11,21H,1H3. The van der Waals surface area contributed by atoms with Gasteiger partial charge in [-0.05, 0) is 48.9 Å². The number of aliphatic imine (C=N–C) groups is 1. The van der Waals surface area contributed by atoms with Gasteiger partial charge in [-0.25, -0.2) is 4.99 Å². The second kappa shape index (κ2) is 6.20. The Kier molecular flexibility index (Phi) is 4.11. The van der Waals surface area contributed by atoms with Gasteiger partial charge < -0.3 is 9.52 Å². The van der Waals surface area contributed by atoms with Crippen LogP contribution in [0.5, 0.6) is 5.75 Å². The van der Waals surface area contributed by atoms with Gasteiger partial charge in [-0.3, -0.25) is 0 Å². The SMILES string of the molecule is Cc1ccc(O)c(N=Cc2ccc(-c3ccc(Br)cc3)o2)c1. The summed E-state index contributed by atoms with van der Waals surface area (Å²) in [5.74, 6) is 1.57. The Morgan fingerprint density at radius 1 is 1.05 bits per heavy atom. The van der Waals surface area contributed by atoms with Crippen molar-refractivity contribution >= 4 is 27.8 Å². The number of rotatable bonds is 3. The molecule has 0 aliphatic heterocycles. The van der Waals surface area contributed by atoms with Crippen molar-refractivity contribution < 1.29 is 9.52 Å². The van der Waals surface area contributed by atoms with Crippen LogP contribution in [0.25, 0.3) is 11.3 Å². The van der Waals surface area contributed by atoms with E-state index >= 15 is 0 Å². The van der Waals surface area contributed by atoms with E-state index in [9.17, 15) is 5.11 Å². The number of hydrogen-bond donors (Lipinski definition) is 1. The average Bonchev–Trinajstić information content (AvgIpc) is 2.98. The number of halogens is 1. The molecule has 2 aromatic carbocycles. The first kappa shape index (κ1) is 14.6. The molecule has 1 heterocycles. The quantitative estimate of drug-likeness (QED) is 0.632. The average molecular weight is 356 g/mol. The smallest absolute Gasteiger partial charge is 0.145 e. The third-order valence-corrected chi connectivity index (χ3v) is 3.75. The Bertz CT molecular complexity index is 819. The molecule has 0 aliphatic carbocycles. The summed E-state index contributed by atoms with van der Waals surface area (Å²) in [5.41, 5.74) is 2.57. The van der Waals surface area contributed by atoms with Crippen molar-refractivity contribution in [2.75, 3.05) is 0 Å². The van der Waals surface area contributed by atoms with Crippen molar-refractivity contribution in [2.24, 2.45) is 4.99 Å². The summed E-state index contributed by atoms with van der Waals surface area (Å²) < 4.78 is 6.78. The van der Waals surface area contributed by atoms with Gasteiger partial charge in [-0.1, -0.05) is 34.1 Å². The van der Waals surface area contributed by atoms with Crippen molar-refractivity contribution in [1.82, 2.24) is 0 Å². The van der Waals surface area contributed by atoms with Gasteiger partial charge in [0, 0.05) is 10.0 Å². The van der Waals surface area contributed by atoms with Gasteiger partial charge in [0.1, 0.15) is 23.0 Å². The molecule has 110 valence electrons. The van der Waals surface area contributed by atoms with Crippen LogP contribution in [0.3, 0.4) is 0 Å². The molecule has 4 heteroatoms. The number of hydrogen-bond acceptors (Lipinski definition) is 3. The first-order valence-corrected chi connectivity index (χ1v) is 7.60. The van der Waals surface area contributed by atoms with Gasteiger partial charge in [0.15, 0.2) is 0 Å². The fourth-order valence-corrected chi connectivity index (χ4v) is 2.33. The number of phenolic OH excluding ortho intramolecular Hbond substituents is 1. The number of aromatic hydroxyl groups is 1. The summed E-state index contributed by atoms with van der Waals surface area (Å²) in [7, 11) is 0. The van der Waals surface area contributed by atoms with Crippen LogP contribution in [0.4, 0.5) is 5.69 Å². The molecule has 3 aromatic rings. The highest BCUT2D eigenvalue weighted by Crippen LogP contribution is 2.27. The molecule has 1 N–H and O–H groups in total. The molecule has 0 amide bonds. The van der Waals surface area contributed by atoms with Crippen LogP contribution >= 0.6 is 15.9 Å². The summed E-state index contributed by atoms with van der Waals surface area (Å²) in [6.07, 6.45) is 1.61. The summed E-state index contributed by atoms with van der Waals surface area (Å²) in [5, 5.41) is 9.77. The van der Waals surface area contributed by atoms with E-state index in [-0.39, 0.29) is 5.75 Å². The first-order valence-electron chi connectivity index (χ1n) is 6.81. The Hall–Kier alpha value is -2.33. The number of furan rings is 1. The molecule has 0 saturated carbocycles. The molecule has 1 aromatic heterocycles. The van der Waals surface area contributed by atoms with Gasteiger partial charge >= 0.3 is 0 Å². The predicted molar refractivity (Wildman–Crippen MR) is 91.9 cm³/mol. The summed E-state index contributed by atoms with van der Waals surface area (Å²) in [6.45, 7) is 1.96. The molecule has 3 nitrogen and oxygen atoms in total. The number of benzene rings is 2. The summed E-state index contributed by atoms with van der Waals surface area (Å²) in [4.78, 5) is 4.28. The lowest BCUT2D eigenvalue weighted by Gasteiger charge is -1.99. The largest absolute Gasteiger partial charge is 0.506 e. The van der Waals surface area contributed by atoms with E-state index < -0.39 is 0 Å². The minimum Gasteiger partial charge on any atom is -0.506 e. The van der Waals surface area contributed by atoms with E-state index in [4.69, 9.17) is 4.42 Å². The Morgan fingerprint density at radius 3 is 2.59 bits per heavy atom. The van der Waals surface area contributed by atoms with Crippen LogP contribution in [-0.4, -0.2) is 11.3 Å². The number of phenols is 1. The minimum atomic E-state index is 0.154. The van der Waals surface area contributed by atoms with E-state index in [1.54, 1.807) is 12.3 Å². The topological polar surface area (TPSA) is 45.7 Å². The highest BCUT2D eigenvalue weighted by Gasteiger charge is 2.04. The van der Waals surface area contributed by atoms with E-state index in [0.29, 0.717) is 11.4 Å². The molecule has 0 radical (unpaired) electrons. The fraction of sp³-hybridized carbons (Fsp3) is 0.0556. The summed E-state index contributed by atoms with van der Waals surface area (Å²) >= 11 is 3.41. The third kappa shape index (κ3) is 3.28. The normalized spacial score (nSPS) is 11.2. The maximum Gasteiger partial charge on any atom is 0.145 e. The van der Waals surface area contributed by atoms with Gasteiger partial charge in [-0.2, -0.15) is 0 Å². The van der Waals surface area contributed by atoms with Crippen LogP contribution in [0.15, 0.2) is 68.5 Å². The Labute approximate surface area is 137 Å². The van der Waals surface area contributed by atoms with Crippen molar-refractivity contribution in [3.8, 4) is 17.1 Å². The van der Waals surface area contributed by atoms with E-state index in [1.807, 2.05) is 55.5 Å². The lowest BCUT2D eigenvalue weighted by atomic mass is 10.2. The van der Waals surface area contributed by atoms with Crippen LogP contribution in [0, 0.1) is 6.92 Å². The molecule has 0 fully saturated rings. The van der Waals surface area contributed by atoms with Crippen LogP contribution in [0.2, 0.25) is 0 Å². The van der Waals surface area contributed by atoms with Crippen molar-refractivity contribution in [2.45, 2.75) is 6.92 Å². The van der Waals surface area contributed by atoms with E-state index in [2.05, 4.69) is 20.9 Å². The third-order valence-electron chi connectivity index (χ3n) is 3.22. The van der Waals surface area contributed by atoms with E-state index in [1.165, 1.54) is 0 Å². The van der Waals surface area contributed by atoms with Gasteiger partial charge in [0.05, 0.1) is 6.21 Å². The highest BCUT2D eigenvalue weighted by molar-refractivity contribution is 9.10. The van der Waals surface area contributed by atoms with Crippen molar-refractivity contribution in [3.63, 3.8) is 0 Å². The van der Waals surface area contributed by atoms with Gasteiger partial charge in [-0.15, -0.1) is 0 Å². The molecule has 0 unspecified atom stereocenters. The second-order valence-electron chi connectivity index (χ2n) is 4.96. The molecular weight excluding hydrogens is 342 g/mol. The number of nitrogens with zero attached hydrogens (tertiary/aromatic N) is 1. The van der Waals surface area contributed by atoms with Gasteiger partial charge in [0.25, 0.3) is 0 Å². The predicted octanol–water partition coefficient (Wildman–Crippen LogP) is 5.47. The molecule has 0 atom stereocenters. The molecule has 0 aliphatic rings. The van der Waals surface area contributed by atoms with Crippen LogP contribution < -0.4 is 0 Å². The zero-order chi connectivity index (χ0) is 15.5. The van der Waals surface area contributed by atoms with Crippen molar-refractivity contribution in [1.29, 1.82) is 0 Å². The molecule has 3 rings (SSSR count). The first-order chi connectivity index (χ1) is 10.6. The lowest BCUT2D eigenvalue weighted by molar-refractivity contribution is 0.477. The lowest BCUT2D eigenvalue weighted by Crippen LogP contribution is -1.77. The van der Waals surface area contributed by atoms with Crippen molar-refractivity contribution in [3.05, 3.63) is 70.4 Å². The molecular formula is C18H14BrNO2. The monoisotopic (exact) mass is 355 g/mol. The zero-order valence-corrected chi connectivity index (χ0v) is 13.5. The molecule has 22 heavy (non-hydrogen) atoms. The van der Waals surface area contributed by atoms with Crippen LogP contribution in [0.1, 0.15) is 11.3 Å². The Morgan fingerprint density at radius 2 is 1.82 bits per heavy atom. The van der Waals surface area contributed by atoms with Gasteiger partial charge in [0.2, 0.25) is 0 Å². The highest BCUT2D eigenvalue weighted by atomic mass is 79.9. The minimum absolute atomic E-state index is 0.154. The second-order valence-corrected chi connectivity index (χ2v) is 5.87. The number of aryl methyl sites for hydroxylation is 1. The Balaban J connectivity index is 1.83. The molecule has 0 bridgehead atoms. The molecule has 0 saturated heterocycles. The zero-order valence-electron chi connectivity index (χ0n) is 12.0. The fourth-order valence-electron chi connectivity index (χ4n) is 2.06.